The fraction of sp³-hybridized carbons (Fsp3) is 0.500. The van der Waals surface area contributed by atoms with Gasteiger partial charge in [-0.2, -0.15) is 0 Å². The van der Waals surface area contributed by atoms with Crippen LogP contribution in [0.4, 0.5) is 5.82 Å². The van der Waals surface area contributed by atoms with Crippen LogP contribution in [0.5, 0.6) is 5.75 Å². The summed E-state index contributed by atoms with van der Waals surface area (Å²) in [6, 6.07) is 6.57. The lowest BCUT2D eigenvalue weighted by molar-refractivity contribution is -0.119. The Morgan fingerprint density at radius 2 is 2.04 bits per heavy atom. The number of fused-ring (bicyclic) bond motifs is 1. The van der Waals surface area contributed by atoms with Gasteiger partial charge in [0.1, 0.15) is 17.9 Å². The van der Waals surface area contributed by atoms with Crippen LogP contribution in [0.15, 0.2) is 24.5 Å². The van der Waals surface area contributed by atoms with Crippen LogP contribution in [-0.2, 0) is 4.79 Å². The number of carbonyl (C=O) groups excluding carboxylic acids is 1. The van der Waals surface area contributed by atoms with Gasteiger partial charge in [-0.1, -0.05) is 0 Å². The second kappa shape index (κ2) is 7.65. The minimum atomic E-state index is -0.500. The number of primary amides is 1. The molecule has 0 saturated heterocycles. The molecule has 3 rings (SSSR count). The van der Waals surface area contributed by atoms with E-state index in [9.17, 15) is 4.79 Å². The first kappa shape index (κ1) is 17.4. The molecule has 7 nitrogen and oxygen atoms in total. The summed E-state index contributed by atoms with van der Waals surface area (Å²) in [5.41, 5.74) is 5.97. The summed E-state index contributed by atoms with van der Waals surface area (Å²) in [7, 11) is 4.29. The quantitative estimate of drug-likeness (QED) is 0.830. The number of nitrogens with one attached hydrogen (secondary N) is 1. The van der Waals surface area contributed by atoms with E-state index in [4.69, 9.17) is 10.5 Å². The second-order valence-corrected chi connectivity index (χ2v) is 6.77. The Kier molecular flexibility index (Phi) is 5.33. The maximum absolute atomic E-state index is 10.9. The smallest absolute Gasteiger partial charge is 0.255 e. The van der Waals surface area contributed by atoms with Crippen molar-refractivity contribution in [3.05, 3.63) is 24.5 Å². The third kappa shape index (κ3) is 4.36. The molecule has 0 atom stereocenters. The number of hydrogen-bond donors (Lipinski definition) is 2. The number of benzene rings is 1. The molecule has 0 aliphatic heterocycles. The van der Waals surface area contributed by atoms with Gasteiger partial charge in [-0.25, -0.2) is 9.97 Å². The van der Waals surface area contributed by atoms with Gasteiger partial charge in [-0.05, 0) is 58.0 Å². The van der Waals surface area contributed by atoms with Gasteiger partial charge in [0.2, 0.25) is 0 Å². The van der Waals surface area contributed by atoms with Gasteiger partial charge in [0, 0.05) is 17.5 Å². The fourth-order valence-electron chi connectivity index (χ4n) is 3.32. The first-order chi connectivity index (χ1) is 12.0. The van der Waals surface area contributed by atoms with Crippen LogP contribution < -0.4 is 15.8 Å². The third-order valence-corrected chi connectivity index (χ3v) is 4.76. The molecule has 1 aromatic heterocycles. The number of amides is 1. The highest BCUT2D eigenvalue weighted by atomic mass is 16.5. The molecule has 1 saturated carbocycles. The summed E-state index contributed by atoms with van der Waals surface area (Å²) in [5, 5.41) is 4.45. The lowest BCUT2D eigenvalue weighted by Crippen LogP contribution is -2.36. The second-order valence-electron chi connectivity index (χ2n) is 6.77. The molecular formula is C18H25N5O2. The van der Waals surface area contributed by atoms with Crippen LogP contribution >= 0.6 is 0 Å². The Labute approximate surface area is 147 Å². The number of nitrogens with zero attached hydrogens (tertiary/aromatic N) is 3. The average molecular weight is 343 g/mol. The topological polar surface area (TPSA) is 93.4 Å². The molecule has 3 N–H and O–H groups in total. The predicted octanol–water partition coefficient (Wildman–Crippen LogP) is 1.78. The van der Waals surface area contributed by atoms with E-state index in [1.54, 1.807) is 12.4 Å². The summed E-state index contributed by atoms with van der Waals surface area (Å²) in [4.78, 5) is 21.9. The van der Waals surface area contributed by atoms with Crippen molar-refractivity contribution in [2.75, 3.05) is 26.0 Å². The highest BCUT2D eigenvalue weighted by Gasteiger charge is 2.23. The van der Waals surface area contributed by atoms with Crippen molar-refractivity contribution in [2.45, 2.75) is 37.8 Å². The molecule has 25 heavy (non-hydrogen) atoms. The minimum Gasteiger partial charge on any atom is -0.484 e. The van der Waals surface area contributed by atoms with Gasteiger partial charge in [0.25, 0.3) is 5.91 Å². The van der Waals surface area contributed by atoms with E-state index in [0.29, 0.717) is 17.8 Å². The Morgan fingerprint density at radius 1 is 1.28 bits per heavy atom. The molecule has 1 aliphatic carbocycles. The van der Waals surface area contributed by atoms with Crippen LogP contribution in [-0.4, -0.2) is 53.6 Å². The Balaban J connectivity index is 1.74. The third-order valence-electron chi connectivity index (χ3n) is 4.76. The predicted molar refractivity (Wildman–Crippen MR) is 97.6 cm³/mol. The van der Waals surface area contributed by atoms with E-state index < -0.39 is 5.91 Å². The van der Waals surface area contributed by atoms with Crippen molar-refractivity contribution < 1.29 is 9.53 Å². The van der Waals surface area contributed by atoms with Gasteiger partial charge < -0.3 is 20.7 Å². The molecule has 0 bridgehead atoms. The van der Waals surface area contributed by atoms with Crippen molar-refractivity contribution in [3.8, 4) is 5.75 Å². The first-order valence-electron chi connectivity index (χ1n) is 8.62. The number of aromatic nitrogens is 2. The Hall–Kier alpha value is -2.41. The normalized spacial score (nSPS) is 20.6. The highest BCUT2D eigenvalue weighted by molar-refractivity contribution is 5.90. The largest absolute Gasteiger partial charge is 0.484 e. The van der Waals surface area contributed by atoms with Gasteiger partial charge >= 0.3 is 0 Å². The van der Waals surface area contributed by atoms with Crippen LogP contribution in [0, 0.1) is 0 Å². The standard InChI is InChI=1S/C18H25N5O2/c1-23(2)13-5-3-12(4-6-13)22-18-15-9-14(25-10-17(19)24)7-8-16(15)20-11-21-18/h7-9,11-13H,3-6,10H2,1-2H3,(H2,19,24)(H,20,21,22). The van der Waals surface area contributed by atoms with Crippen molar-refractivity contribution in [3.63, 3.8) is 0 Å². The number of ether oxygens (including phenoxy) is 1. The Bertz CT molecular complexity index is 741. The Morgan fingerprint density at radius 3 is 2.72 bits per heavy atom. The monoisotopic (exact) mass is 343 g/mol. The molecule has 7 heteroatoms. The molecule has 0 spiro atoms. The zero-order chi connectivity index (χ0) is 17.8. The van der Waals surface area contributed by atoms with E-state index in [0.717, 1.165) is 29.6 Å². The molecule has 1 aliphatic rings. The van der Waals surface area contributed by atoms with Crippen LogP contribution in [0.3, 0.4) is 0 Å². The SMILES string of the molecule is CN(C)C1CCC(Nc2ncnc3ccc(OCC(N)=O)cc23)CC1. The van der Waals surface area contributed by atoms with Gasteiger partial charge in [0.15, 0.2) is 6.61 Å². The van der Waals surface area contributed by atoms with E-state index in [-0.39, 0.29) is 6.61 Å². The van der Waals surface area contributed by atoms with Gasteiger partial charge in [0.05, 0.1) is 5.52 Å². The summed E-state index contributed by atoms with van der Waals surface area (Å²) in [5.74, 6) is 0.892. The van der Waals surface area contributed by atoms with Crippen molar-refractivity contribution in [2.24, 2.45) is 5.73 Å². The van der Waals surface area contributed by atoms with Crippen LogP contribution in [0.25, 0.3) is 10.9 Å². The van der Waals surface area contributed by atoms with Crippen LogP contribution in [0.2, 0.25) is 0 Å². The molecule has 2 aromatic rings. The van der Waals surface area contributed by atoms with E-state index in [1.165, 1.54) is 12.8 Å². The summed E-state index contributed by atoms with van der Waals surface area (Å²) in [6.45, 7) is -0.142. The van der Waals surface area contributed by atoms with E-state index in [1.807, 2.05) is 12.1 Å². The molecule has 0 unspecified atom stereocenters. The number of rotatable bonds is 6. The van der Waals surface area contributed by atoms with Crippen LogP contribution in [0.1, 0.15) is 25.7 Å². The lowest BCUT2D eigenvalue weighted by atomic mass is 9.90. The molecule has 1 heterocycles. The first-order valence-corrected chi connectivity index (χ1v) is 8.62. The zero-order valence-electron chi connectivity index (χ0n) is 14.7. The van der Waals surface area contributed by atoms with E-state index >= 15 is 0 Å². The maximum Gasteiger partial charge on any atom is 0.255 e. The molecule has 134 valence electrons. The highest BCUT2D eigenvalue weighted by Crippen LogP contribution is 2.28. The minimum absolute atomic E-state index is 0.142. The number of carbonyl (C=O) groups is 1. The summed E-state index contributed by atoms with van der Waals surface area (Å²) < 4.78 is 5.40. The molecule has 0 radical (unpaired) electrons. The number of nitrogens with two attached hydrogens (primary N) is 1. The lowest BCUT2D eigenvalue weighted by Gasteiger charge is -2.33. The van der Waals surface area contributed by atoms with E-state index in [2.05, 4.69) is 34.3 Å². The maximum atomic E-state index is 10.9. The molecule has 1 fully saturated rings. The zero-order valence-corrected chi connectivity index (χ0v) is 14.7. The van der Waals surface area contributed by atoms with Gasteiger partial charge in [-0.15, -0.1) is 0 Å². The van der Waals surface area contributed by atoms with Crippen molar-refractivity contribution >= 4 is 22.6 Å². The van der Waals surface area contributed by atoms with Gasteiger partial charge in [-0.3, -0.25) is 4.79 Å². The molecule has 1 amide bonds. The number of hydrogen-bond acceptors (Lipinski definition) is 6. The summed E-state index contributed by atoms with van der Waals surface area (Å²) in [6.07, 6.45) is 6.17. The fourth-order valence-corrected chi connectivity index (χ4v) is 3.32. The van der Waals surface area contributed by atoms with Crippen molar-refractivity contribution in [1.29, 1.82) is 0 Å². The number of anilines is 1. The van der Waals surface area contributed by atoms with Crippen molar-refractivity contribution in [1.82, 2.24) is 14.9 Å². The molecule has 1 aromatic carbocycles. The average Bonchev–Trinajstić information content (AvgIpc) is 2.60. The molecular weight excluding hydrogens is 318 g/mol. The summed E-state index contributed by atoms with van der Waals surface area (Å²) >= 11 is 0.